The standard InChI is InChI=1S/C15H16O3S/c16-19(17,11-14-6-3-9-18-14)15-8-7-12-4-1-2-5-13(12)10-15/h1-2,4-5,7-8,10,14H,3,6,9,11H2/t14-/m1/s1. The lowest BCUT2D eigenvalue weighted by Crippen LogP contribution is -2.20. The highest BCUT2D eigenvalue weighted by atomic mass is 32.2. The van der Waals surface area contributed by atoms with Gasteiger partial charge in [-0.1, -0.05) is 30.3 Å². The molecule has 100 valence electrons. The highest BCUT2D eigenvalue weighted by molar-refractivity contribution is 7.91. The second-order valence-corrected chi connectivity index (χ2v) is 6.96. The molecule has 0 aliphatic carbocycles. The molecule has 1 saturated heterocycles. The van der Waals surface area contributed by atoms with Crippen molar-refractivity contribution >= 4 is 20.6 Å². The smallest absolute Gasteiger partial charge is 0.180 e. The van der Waals surface area contributed by atoms with Crippen molar-refractivity contribution in [1.29, 1.82) is 0 Å². The fourth-order valence-electron chi connectivity index (χ4n) is 2.48. The average Bonchev–Trinajstić information content (AvgIpc) is 2.90. The normalized spacial score (nSPS) is 19.9. The zero-order chi connectivity index (χ0) is 13.3. The molecule has 1 aliphatic rings. The van der Waals surface area contributed by atoms with Gasteiger partial charge < -0.3 is 4.74 Å². The van der Waals surface area contributed by atoms with Crippen molar-refractivity contribution in [2.45, 2.75) is 23.8 Å². The molecule has 2 aromatic carbocycles. The molecule has 0 bridgehead atoms. The Labute approximate surface area is 113 Å². The molecule has 1 heterocycles. The molecular weight excluding hydrogens is 260 g/mol. The Hall–Kier alpha value is -1.39. The van der Waals surface area contributed by atoms with Crippen LogP contribution in [-0.2, 0) is 14.6 Å². The van der Waals surface area contributed by atoms with E-state index >= 15 is 0 Å². The zero-order valence-electron chi connectivity index (χ0n) is 10.6. The third-order valence-corrected chi connectivity index (χ3v) is 5.29. The molecular formula is C15H16O3S. The summed E-state index contributed by atoms with van der Waals surface area (Å²) in [6.45, 7) is 0.678. The van der Waals surface area contributed by atoms with Crippen LogP contribution in [0, 0.1) is 0 Å². The summed E-state index contributed by atoms with van der Waals surface area (Å²) in [6.07, 6.45) is 1.65. The van der Waals surface area contributed by atoms with Crippen molar-refractivity contribution in [1.82, 2.24) is 0 Å². The lowest BCUT2D eigenvalue weighted by Gasteiger charge is -2.10. The minimum Gasteiger partial charge on any atom is -0.377 e. The third-order valence-electron chi connectivity index (χ3n) is 3.51. The maximum atomic E-state index is 12.4. The summed E-state index contributed by atoms with van der Waals surface area (Å²) in [6, 6.07) is 13.1. The second kappa shape index (κ2) is 4.94. The molecule has 1 fully saturated rings. The molecule has 2 aromatic rings. The third kappa shape index (κ3) is 2.65. The van der Waals surface area contributed by atoms with Gasteiger partial charge in [0.05, 0.1) is 16.8 Å². The molecule has 4 heteroatoms. The Kier molecular flexibility index (Phi) is 3.29. The first-order valence-corrected chi connectivity index (χ1v) is 8.13. The second-order valence-electron chi connectivity index (χ2n) is 4.93. The van der Waals surface area contributed by atoms with E-state index in [4.69, 9.17) is 4.74 Å². The van der Waals surface area contributed by atoms with Gasteiger partial charge in [-0.3, -0.25) is 0 Å². The quantitative estimate of drug-likeness (QED) is 0.865. The van der Waals surface area contributed by atoms with E-state index in [2.05, 4.69) is 0 Å². The molecule has 3 nitrogen and oxygen atoms in total. The SMILES string of the molecule is O=S(=O)(C[C@H]1CCCO1)c1ccc2ccccc2c1. The van der Waals surface area contributed by atoms with E-state index in [1.165, 1.54) is 0 Å². The Balaban J connectivity index is 1.93. The van der Waals surface area contributed by atoms with Crippen LogP contribution in [0.5, 0.6) is 0 Å². The fraction of sp³-hybridized carbons (Fsp3) is 0.333. The van der Waals surface area contributed by atoms with Crippen LogP contribution in [0.2, 0.25) is 0 Å². The van der Waals surface area contributed by atoms with E-state index in [0.717, 1.165) is 23.6 Å². The lowest BCUT2D eigenvalue weighted by molar-refractivity contribution is 0.127. The summed E-state index contributed by atoms with van der Waals surface area (Å²) in [4.78, 5) is 0.390. The van der Waals surface area contributed by atoms with Gasteiger partial charge >= 0.3 is 0 Å². The van der Waals surface area contributed by atoms with Crippen molar-refractivity contribution in [2.24, 2.45) is 0 Å². The van der Waals surface area contributed by atoms with Crippen LogP contribution in [-0.4, -0.2) is 26.9 Å². The Morgan fingerprint density at radius 3 is 2.63 bits per heavy atom. The van der Waals surface area contributed by atoms with E-state index in [1.807, 2.05) is 30.3 Å². The molecule has 0 spiro atoms. The molecule has 0 N–H and O–H groups in total. The van der Waals surface area contributed by atoms with Crippen molar-refractivity contribution < 1.29 is 13.2 Å². The van der Waals surface area contributed by atoms with Crippen LogP contribution < -0.4 is 0 Å². The highest BCUT2D eigenvalue weighted by Crippen LogP contribution is 2.22. The number of rotatable bonds is 3. The molecule has 1 aliphatic heterocycles. The number of sulfone groups is 1. The Morgan fingerprint density at radius 1 is 1.11 bits per heavy atom. The average molecular weight is 276 g/mol. The van der Waals surface area contributed by atoms with Gasteiger partial charge in [-0.2, -0.15) is 0 Å². The summed E-state index contributed by atoms with van der Waals surface area (Å²) >= 11 is 0. The maximum Gasteiger partial charge on any atom is 0.180 e. The van der Waals surface area contributed by atoms with E-state index in [1.54, 1.807) is 12.1 Å². The topological polar surface area (TPSA) is 43.4 Å². The first-order chi connectivity index (χ1) is 9.15. The van der Waals surface area contributed by atoms with Gasteiger partial charge in [-0.15, -0.1) is 0 Å². The molecule has 0 saturated carbocycles. The predicted octanol–water partition coefficient (Wildman–Crippen LogP) is 2.79. The van der Waals surface area contributed by atoms with Gasteiger partial charge in [0.2, 0.25) is 0 Å². The van der Waals surface area contributed by atoms with E-state index in [-0.39, 0.29) is 11.9 Å². The number of fused-ring (bicyclic) bond motifs is 1. The molecule has 0 amide bonds. The summed E-state index contributed by atoms with van der Waals surface area (Å²) in [5, 5.41) is 2.01. The van der Waals surface area contributed by atoms with Gasteiger partial charge in [-0.05, 0) is 35.7 Å². The molecule has 0 aromatic heterocycles. The van der Waals surface area contributed by atoms with Crippen LogP contribution in [0.3, 0.4) is 0 Å². The van der Waals surface area contributed by atoms with Crippen LogP contribution in [0.1, 0.15) is 12.8 Å². The van der Waals surface area contributed by atoms with Gasteiger partial charge in [0.1, 0.15) is 0 Å². The van der Waals surface area contributed by atoms with Gasteiger partial charge in [0, 0.05) is 6.61 Å². The van der Waals surface area contributed by atoms with Crippen LogP contribution in [0.15, 0.2) is 47.4 Å². The number of hydrogen-bond donors (Lipinski definition) is 0. The van der Waals surface area contributed by atoms with Crippen molar-refractivity contribution in [3.05, 3.63) is 42.5 Å². The van der Waals surface area contributed by atoms with Crippen molar-refractivity contribution in [2.75, 3.05) is 12.4 Å². The molecule has 0 radical (unpaired) electrons. The summed E-state index contributed by atoms with van der Waals surface area (Å²) in [5.74, 6) is 0.0886. The van der Waals surface area contributed by atoms with Crippen LogP contribution >= 0.6 is 0 Å². The summed E-state index contributed by atoms with van der Waals surface area (Å²) < 4.78 is 30.1. The first kappa shape index (κ1) is 12.6. The minimum absolute atomic E-state index is 0.0886. The zero-order valence-corrected chi connectivity index (χ0v) is 11.4. The number of ether oxygens (including phenoxy) is 1. The van der Waals surface area contributed by atoms with Gasteiger partial charge in [0.15, 0.2) is 9.84 Å². The van der Waals surface area contributed by atoms with Crippen LogP contribution in [0.25, 0.3) is 10.8 Å². The first-order valence-electron chi connectivity index (χ1n) is 6.48. The summed E-state index contributed by atoms with van der Waals surface area (Å²) in [5.41, 5.74) is 0. The predicted molar refractivity (Wildman–Crippen MR) is 75.0 cm³/mol. The maximum absolute atomic E-state index is 12.4. The Morgan fingerprint density at radius 2 is 1.89 bits per heavy atom. The van der Waals surface area contributed by atoms with E-state index in [0.29, 0.717) is 11.5 Å². The van der Waals surface area contributed by atoms with E-state index in [9.17, 15) is 8.42 Å². The molecule has 3 rings (SSSR count). The molecule has 19 heavy (non-hydrogen) atoms. The monoisotopic (exact) mass is 276 g/mol. The van der Waals surface area contributed by atoms with Crippen molar-refractivity contribution in [3.63, 3.8) is 0 Å². The van der Waals surface area contributed by atoms with E-state index < -0.39 is 9.84 Å². The van der Waals surface area contributed by atoms with Gasteiger partial charge in [-0.25, -0.2) is 8.42 Å². The number of hydrogen-bond acceptors (Lipinski definition) is 3. The summed E-state index contributed by atoms with van der Waals surface area (Å²) in [7, 11) is -3.26. The van der Waals surface area contributed by atoms with Crippen molar-refractivity contribution in [3.8, 4) is 0 Å². The molecule has 0 unspecified atom stereocenters. The Bertz CT molecular complexity index is 685. The fourth-order valence-corrected chi connectivity index (χ4v) is 4.00. The highest BCUT2D eigenvalue weighted by Gasteiger charge is 2.24. The lowest BCUT2D eigenvalue weighted by atomic mass is 10.1. The largest absolute Gasteiger partial charge is 0.377 e. The van der Waals surface area contributed by atoms with Crippen LogP contribution in [0.4, 0.5) is 0 Å². The molecule has 1 atom stereocenters. The van der Waals surface area contributed by atoms with Gasteiger partial charge in [0.25, 0.3) is 0 Å². The number of benzene rings is 2. The minimum atomic E-state index is -3.26.